The molecule has 3 N–H and O–H groups in total. The minimum absolute atomic E-state index is 0. The minimum Gasteiger partial charge on any atom is -0.349 e. The molecular weight excluding hydrogens is 284 g/mol. The number of carbonyl (C=O) groups is 1. The number of nitrogens with zero attached hydrogens (tertiary/aromatic N) is 1. The largest absolute Gasteiger partial charge is 0.349 e. The first-order chi connectivity index (χ1) is 8.81. The van der Waals surface area contributed by atoms with E-state index in [1.54, 1.807) is 17.4 Å². The van der Waals surface area contributed by atoms with Gasteiger partial charge in [0.1, 0.15) is 0 Å². The summed E-state index contributed by atoms with van der Waals surface area (Å²) in [6.45, 7) is 4.31. The monoisotopic (exact) mass is 300 g/mol. The van der Waals surface area contributed by atoms with Gasteiger partial charge in [-0.3, -0.25) is 9.89 Å². The molecule has 1 amide bonds. The van der Waals surface area contributed by atoms with Crippen molar-refractivity contribution in [3.63, 3.8) is 0 Å². The average Bonchev–Trinajstić information content (AvgIpc) is 3.03. The molecule has 0 saturated carbocycles. The number of carbonyl (C=O) groups excluding carboxylic acids is 1. The van der Waals surface area contributed by atoms with Gasteiger partial charge < -0.3 is 10.6 Å². The molecule has 5 nitrogen and oxygen atoms in total. The Hall–Kier alpha value is -1.37. The summed E-state index contributed by atoms with van der Waals surface area (Å²) in [5.41, 5.74) is 1.30. The molecule has 104 valence electrons. The zero-order chi connectivity index (χ0) is 12.8. The Kier molecular flexibility index (Phi) is 6.55. The molecule has 2 heterocycles. The average molecular weight is 301 g/mol. The SMILES string of the molecule is CCNCCNC(=O)c1cc(-c2cccs2)[nH]n1.Cl. The first-order valence-electron chi connectivity index (χ1n) is 5.89. The molecule has 2 aromatic heterocycles. The fourth-order valence-corrected chi connectivity index (χ4v) is 2.22. The molecule has 0 unspecified atom stereocenters. The Balaban J connectivity index is 0.00000180. The minimum atomic E-state index is -0.146. The quantitative estimate of drug-likeness (QED) is 0.714. The Morgan fingerprint density at radius 1 is 1.47 bits per heavy atom. The van der Waals surface area contributed by atoms with E-state index in [4.69, 9.17) is 0 Å². The molecule has 0 spiro atoms. The third-order valence-electron chi connectivity index (χ3n) is 2.43. The van der Waals surface area contributed by atoms with Crippen LogP contribution in [0.1, 0.15) is 17.4 Å². The highest BCUT2D eigenvalue weighted by Crippen LogP contribution is 2.22. The van der Waals surface area contributed by atoms with Gasteiger partial charge in [-0.15, -0.1) is 23.7 Å². The van der Waals surface area contributed by atoms with Crippen molar-refractivity contribution in [1.29, 1.82) is 0 Å². The number of thiophene rings is 1. The fourth-order valence-electron chi connectivity index (χ4n) is 1.53. The highest BCUT2D eigenvalue weighted by atomic mass is 35.5. The maximum Gasteiger partial charge on any atom is 0.271 e. The topological polar surface area (TPSA) is 69.8 Å². The first kappa shape index (κ1) is 15.7. The summed E-state index contributed by atoms with van der Waals surface area (Å²) < 4.78 is 0. The maximum atomic E-state index is 11.8. The Morgan fingerprint density at radius 2 is 2.32 bits per heavy atom. The van der Waals surface area contributed by atoms with Crippen LogP contribution in [0.5, 0.6) is 0 Å². The lowest BCUT2D eigenvalue weighted by atomic mass is 10.3. The first-order valence-corrected chi connectivity index (χ1v) is 6.77. The lowest BCUT2D eigenvalue weighted by Gasteiger charge is -2.02. The van der Waals surface area contributed by atoms with E-state index in [1.807, 2.05) is 24.4 Å². The van der Waals surface area contributed by atoms with Crippen molar-refractivity contribution in [2.75, 3.05) is 19.6 Å². The standard InChI is InChI=1S/C12H16N4OS.ClH/c1-2-13-5-6-14-12(17)10-8-9(15-16-10)11-4-3-7-18-11;/h3-4,7-8,13H,2,5-6H2,1H3,(H,14,17)(H,15,16);1H. The van der Waals surface area contributed by atoms with E-state index < -0.39 is 0 Å². The molecule has 0 radical (unpaired) electrons. The van der Waals surface area contributed by atoms with E-state index in [0.717, 1.165) is 23.7 Å². The number of nitrogens with one attached hydrogen (secondary N) is 3. The van der Waals surface area contributed by atoms with Crippen molar-refractivity contribution < 1.29 is 4.79 Å². The third-order valence-corrected chi connectivity index (χ3v) is 3.34. The van der Waals surface area contributed by atoms with Gasteiger partial charge in [0.05, 0.1) is 10.6 Å². The van der Waals surface area contributed by atoms with Crippen molar-refractivity contribution in [1.82, 2.24) is 20.8 Å². The molecule has 0 saturated heterocycles. The van der Waals surface area contributed by atoms with Crippen molar-refractivity contribution in [2.45, 2.75) is 6.92 Å². The van der Waals surface area contributed by atoms with Gasteiger partial charge in [-0.25, -0.2) is 0 Å². The van der Waals surface area contributed by atoms with Gasteiger partial charge in [-0.05, 0) is 24.1 Å². The van der Waals surface area contributed by atoms with Gasteiger partial charge in [-0.2, -0.15) is 5.10 Å². The van der Waals surface area contributed by atoms with Crippen LogP contribution >= 0.6 is 23.7 Å². The molecule has 0 aliphatic heterocycles. The van der Waals surface area contributed by atoms with Crippen LogP contribution in [0.4, 0.5) is 0 Å². The van der Waals surface area contributed by atoms with Crippen LogP contribution in [-0.2, 0) is 0 Å². The summed E-state index contributed by atoms with van der Waals surface area (Å²) in [4.78, 5) is 12.9. The van der Waals surface area contributed by atoms with Crippen molar-refractivity contribution in [3.05, 3.63) is 29.3 Å². The van der Waals surface area contributed by atoms with E-state index in [0.29, 0.717) is 12.2 Å². The number of aromatic amines is 1. The molecule has 2 rings (SSSR count). The van der Waals surface area contributed by atoms with E-state index in [-0.39, 0.29) is 18.3 Å². The van der Waals surface area contributed by atoms with Crippen molar-refractivity contribution >= 4 is 29.7 Å². The second-order valence-corrected chi connectivity index (χ2v) is 4.70. The van der Waals surface area contributed by atoms with E-state index >= 15 is 0 Å². The number of halogens is 1. The maximum absolute atomic E-state index is 11.8. The zero-order valence-corrected chi connectivity index (χ0v) is 12.2. The molecular formula is C12H17ClN4OS. The van der Waals surface area contributed by atoms with Gasteiger partial charge in [0, 0.05) is 13.1 Å². The van der Waals surface area contributed by atoms with Crippen LogP contribution in [-0.4, -0.2) is 35.7 Å². The number of amides is 1. The molecule has 7 heteroatoms. The molecule has 0 aromatic carbocycles. The Morgan fingerprint density at radius 3 is 3.00 bits per heavy atom. The number of hydrogen-bond donors (Lipinski definition) is 3. The number of aromatic nitrogens is 2. The highest BCUT2D eigenvalue weighted by molar-refractivity contribution is 7.13. The second-order valence-electron chi connectivity index (χ2n) is 3.75. The lowest BCUT2D eigenvalue weighted by molar-refractivity contribution is 0.0949. The van der Waals surface area contributed by atoms with Crippen LogP contribution < -0.4 is 10.6 Å². The predicted molar refractivity (Wildman–Crippen MR) is 80.0 cm³/mol. The van der Waals surface area contributed by atoms with E-state index in [9.17, 15) is 4.79 Å². The predicted octanol–water partition coefficient (Wildman–Crippen LogP) is 1.90. The highest BCUT2D eigenvalue weighted by Gasteiger charge is 2.10. The summed E-state index contributed by atoms with van der Waals surface area (Å²) in [6, 6.07) is 5.73. The Labute approximate surface area is 122 Å². The summed E-state index contributed by atoms with van der Waals surface area (Å²) >= 11 is 1.61. The summed E-state index contributed by atoms with van der Waals surface area (Å²) in [5.74, 6) is -0.146. The van der Waals surface area contributed by atoms with Crippen LogP contribution in [0.15, 0.2) is 23.6 Å². The zero-order valence-electron chi connectivity index (χ0n) is 10.6. The molecule has 0 aliphatic carbocycles. The number of rotatable bonds is 6. The van der Waals surface area contributed by atoms with Crippen LogP contribution in [0, 0.1) is 0 Å². The molecule has 0 fully saturated rings. The molecule has 2 aromatic rings. The summed E-state index contributed by atoms with van der Waals surface area (Å²) in [6.07, 6.45) is 0. The molecule has 0 atom stereocenters. The normalized spacial score (nSPS) is 9.95. The summed E-state index contributed by atoms with van der Waals surface area (Å²) in [5, 5.41) is 14.8. The van der Waals surface area contributed by atoms with Crippen LogP contribution in [0.25, 0.3) is 10.6 Å². The van der Waals surface area contributed by atoms with E-state index in [2.05, 4.69) is 20.8 Å². The van der Waals surface area contributed by atoms with E-state index in [1.165, 1.54) is 0 Å². The van der Waals surface area contributed by atoms with Crippen molar-refractivity contribution in [2.24, 2.45) is 0 Å². The van der Waals surface area contributed by atoms with Crippen LogP contribution in [0.3, 0.4) is 0 Å². The number of hydrogen-bond acceptors (Lipinski definition) is 4. The van der Waals surface area contributed by atoms with Gasteiger partial charge in [0.25, 0.3) is 5.91 Å². The fraction of sp³-hybridized carbons (Fsp3) is 0.333. The van der Waals surface area contributed by atoms with Gasteiger partial charge >= 0.3 is 0 Å². The van der Waals surface area contributed by atoms with Gasteiger partial charge in [0.2, 0.25) is 0 Å². The third kappa shape index (κ3) is 4.34. The van der Waals surface area contributed by atoms with Gasteiger partial charge in [-0.1, -0.05) is 13.0 Å². The van der Waals surface area contributed by atoms with Gasteiger partial charge in [0.15, 0.2) is 5.69 Å². The smallest absolute Gasteiger partial charge is 0.271 e. The lowest BCUT2D eigenvalue weighted by Crippen LogP contribution is -2.31. The summed E-state index contributed by atoms with van der Waals surface area (Å²) in [7, 11) is 0. The Bertz CT molecular complexity index is 498. The van der Waals surface area contributed by atoms with Crippen LogP contribution in [0.2, 0.25) is 0 Å². The number of likely N-dealkylation sites (N-methyl/N-ethyl adjacent to an activating group) is 1. The molecule has 0 bridgehead atoms. The molecule has 0 aliphatic rings. The number of H-pyrrole nitrogens is 1. The molecule has 19 heavy (non-hydrogen) atoms. The van der Waals surface area contributed by atoms with Crippen molar-refractivity contribution in [3.8, 4) is 10.6 Å². The second kappa shape index (κ2) is 7.93.